The van der Waals surface area contributed by atoms with Gasteiger partial charge >= 0.3 is 0 Å². The second-order valence-corrected chi connectivity index (χ2v) is 6.07. The minimum atomic E-state index is -0.540. The molecule has 7 nitrogen and oxygen atoms in total. The zero-order valence-electron chi connectivity index (χ0n) is 13.3. The summed E-state index contributed by atoms with van der Waals surface area (Å²) in [4.78, 5) is 11.7. The number of nitrogens with zero attached hydrogens (tertiary/aromatic N) is 3. The summed E-state index contributed by atoms with van der Waals surface area (Å²) in [5, 5.41) is 16.4. The molecule has 0 radical (unpaired) electrons. The van der Waals surface area contributed by atoms with Gasteiger partial charge in [0.1, 0.15) is 5.56 Å². The Kier molecular flexibility index (Phi) is 4.49. The van der Waals surface area contributed by atoms with Gasteiger partial charge in [-0.15, -0.1) is 0 Å². The molecule has 0 aliphatic heterocycles. The van der Waals surface area contributed by atoms with E-state index in [-0.39, 0.29) is 12.1 Å². The van der Waals surface area contributed by atoms with Gasteiger partial charge in [0, 0.05) is 17.9 Å². The molecule has 1 aromatic carbocycles. The Labute approximate surface area is 140 Å². The first-order valence-electron chi connectivity index (χ1n) is 8.00. The van der Waals surface area contributed by atoms with Crippen molar-refractivity contribution in [1.29, 1.82) is 5.26 Å². The van der Waals surface area contributed by atoms with E-state index in [1.54, 1.807) is 35.1 Å². The molecular formula is C17H20N6O. The number of aromatic nitrogens is 2. The molecule has 3 rings (SSSR count). The van der Waals surface area contributed by atoms with E-state index in [2.05, 4.69) is 16.5 Å². The van der Waals surface area contributed by atoms with E-state index in [0.717, 1.165) is 31.4 Å². The van der Waals surface area contributed by atoms with Crippen LogP contribution in [0.25, 0.3) is 0 Å². The first-order valence-corrected chi connectivity index (χ1v) is 8.00. The average Bonchev–Trinajstić information content (AvgIpc) is 3.00. The smallest absolute Gasteiger partial charge is 0.254 e. The third kappa shape index (κ3) is 3.24. The molecule has 1 aliphatic rings. The number of anilines is 2. The van der Waals surface area contributed by atoms with Crippen LogP contribution >= 0.6 is 0 Å². The summed E-state index contributed by atoms with van der Waals surface area (Å²) in [6, 6.07) is 9.08. The van der Waals surface area contributed by atoms with Gasteiger partial charge in [-0.1, -0.05) is 12.8 Å². The van der Waals surface area contributed by atoms with Crippen LogP contribution in [0.5, 0.6) is 0 Å². The molecule has 2 atom stereocenters. The number of carbonyl (C=O) groups is 1. The molecule has 1 fully saturated rings. The summed E-state index contributed by atoms with van der Waals surface area (Å²) >= 11 is 0. The van der Waals surface area contributed by atoms with E-state index >= 15 is 0 Å². The van der Waals surface area contributed by atoms with Crippen molar-refractivity contribution >= 4 is 17.4 Å². The lowest BCUT2D eigenvalue weighted by atomic mass is 9.91. The minimum Gasteiger partial charge on any atom is -0.365 e. The lowest BCUT2D eigenvalue weighted by Crippen LogP contribution is -2.35. The number of amides is 1. The predicted molar refractivity (Wildman–Crippen MR) is 90.7 cm³/mol. The zero-order valence-corrected chi connectivity index (χ0v) is 13.3. The number of benzene rings is 1. The molecule has 1 saturated carbocycles. The maximum atomic E-state index is 11.7. The second kappa shape index (κ2) is 6.72. The molecule has 0 saturated heterocycles. The van der Waals surface area contributed by atoms with Crippen molar-refractivity contribution in [3.8, 4) is 6.07 Å². The Morgan fingerprint density at radius 1 is 1.29 bits per heavy atom. The van der Waals surface area contributed by atoms with Gasteiger partial charge in [0.25, 0.3) is 5.91 Å². The lowest BCUT2D eigenvalue weighted by molar-refractivity contribution is 0.100. The molecule has 5 N–H and O–H groups in total. The van der Waals surface area contributed by atoms with Gasteiger partial charge < -0.3 is 16.8 Å². The van der Waals surface area contributed by atoms with E-state index in [1.807, 2.05) is 0 Å². The number of carbonyl (C=O) groups excluding carboxylic acids is 1. The fraction of sp³-hybridized carbons (Fsp3) is 0.353. The molecule has 1 heterocycles. The van der Waals surface area contributed by atoms with E-state index in [0.29, 0.717) is 16.9 Å². The summed E-state index contributed by atoms with van der Waals surface area (Å²) in [7, 11) is 0. The molecule has 0 bridgehead atoms. The zero-order chi connectivity index (χ0) is 17.1. The summed E-state index contributed by atoms with van der Waals surface area (Å²) in [5.74, 6) is -0.133. The van der Waals surface area contributed by atoms with Crippen LogP contribution in [0.3, 0.4) is 0 Å². The quantitative estimate of drug-likeness (QED) is 0.794. The van der Waals surface area contributed by atoms with Crippen LogP contribution in [0.15, 0.2) is 30.5 Å². The fourth-order valence-corrected chi connectivity index (χ4v) is 3.07. The van der Waals surface area contributed by atoms with Crippen LogP contribution in [-0.2, 0) is 0 Å². The Morgan fingerprint density at radius 3 is 2.62 bits per heavy atom. The third-order valence-electron chi connectivity index (χ3n) is 4.40. The average molecular weight is 324 g/mol. The van der Waals surface area contributed by atoms with Crippen molar-refractivity contribution in [2.75, 3.05) is 5.32 Å². The van der Waals surface area contributed by atoms with Crippen LogP contribution in [0.1, 0.15) is 47.6 Å². The number of nitriles is 1. The van der Waals surface area contributed by atoms with Gasteiger partial charge in [-0.3, -0.25) is 9.48 Å². The number of hydrogen-bond acceptors (Lipinski definition) is 5. The monoisotopic (exact) mass is 324 g/mol. The fourth-order valence-electron chi connectivity index (χ4n) is 3.07. The van der Waals surface area contributed by atoms with Gasteiger partial charge in [0.2, 0.25) is 0 Å². The van der Waals surface area contributed by atoms with Crippen LogP contribution in [0, 0.1) is 11.3 Å². The van der Waals surface area contributed by atoms with Crippen molar-refractivity contribution in [3.63, 3.8) is 0 Å². The Morgan fingerprint density at radius 2 is 2.00 bits per heavy atom. The van der Waals surface area contributed by atoms with Gasteiger partial charge in [-0.25, -0.2) is 0 Å². The van der Waals surface area contributed by atoms with Crippen LogP contribution in [0.4, 0.5) is 11.5 Å². The standard InChI is InChI=1S/C17H20N6O/c18-9-11-5-7-12(8-6-11)21-17-13(16(20)24)10-23(22-17)15-4-2-1-3-14(15)19/h5-8,10,14-15H,1-4,19H2,(H2,20,24)(H,21,22)/t14?,15-/m0/s1. The summed E-state index contributed by atoms with van der Waals surface area (Å²) in [6.45, 7) is 0. The predicted octanol–water partition coefficient (Wildman–Crippen LogP) is 2.04. The first-order chi connectivity index (χ1) is 11.6. The molecular weight excluding hydrogens is 304 g/mol. The van der Waals surface area contributed by atoms with Crippen molar-refractivity contribution in [1.82, 2.24) is 9.78 Å². The molecule has 24 heavy (non-hydrogen) atoms. The topological polar surface area (TPSA) is 123 Å². The van der Waals surface area contributed by atoms with Crippen LogP contribution < -0.4 is 16.8 Å². The van der Waals surface area contributed by atoms with Crippen molar-refractivity contribution in [3.05, 3.63) is 41.6 Å². The largest absolute Gasteiger partial charge is 0.365 e. The van der Waals surface area contributed by atoms with Crippen LogP contribution in [-0.4, -0.2) is 21.7 Å². The van der Waals surface area contributed by atoms with E-state index in [4.69, 9.17) is 16.7 Å². The normalized spacial score (nSPS) is 20.3. The summed E-state index contributed by atoms with van der Waals surface area (Å²) in [5.41, 5.74) is 13.3. The van der Waals surface area contributed by atoms with Crippen molar-refractivity contribution < 1.29 is 4.79 Å². The van der Waals surface area contributed by atoms with Gasteiger partial charge in [-0.05, 0) is 37.1 Å². The molecule has 7 heteroatoms. The van der Waals surface area contributed by atoms with Crippen molar-refractivity contribution in [2.45, 2.75) is 37.8 Å². The lowest BCUT2D eigenvalue weighted by Gasteiger charge is -2.28. The van der Waals surface area contributed by atoms with E-state index in [1.165, 1.54) is 0 Å². The number of rotatable bonds is 4. The SMILES string of the molecule is N#Cc1ccc(Nc2nn([C@H]3CCCCC3N)cc2C(N)=O)cc1. The van der Waals surface area contributed by atoms with Crippen molar-refractivity contribution in [2.24, 2.45) is 11.5 Å². The molecule has 1 aliphatic carbocycles. The molecule has 124 valence electrons. The molecule has 1 unspecified atom stereocenters. The maximum absolute atomic E-state index is 11.7. The van der Waals surface area contributed by atoms with E-state index < -0.39 is 5.91 Å². The Balaban J connectivity index is 1.88. The van der Waals surface area contributed by atoms with Gasteiger partial charge in [0.15, 0.2) is 5.82 Å². The van der Waals surface area contributed by atoms with Gasteiger partial charge in [-0.2, -0.15) is 10.4 Å². The summed E-state index contributed by atoms with van der Waals surface area (Å²) < 4.78 is 1.76. The molecule has 1 aromatic heterocycles. The first kappa shape index (κ1) is 16.0. The summed E-state index contributed by atoms with van der Waals surface area (Å²) in [6.07, 6.45) is 5.79. The second-order valence-electron chi connectivity index (χ2n) is 6.07. The molecule has 0 spiro atoms. The number of nitrogens with two attached hydrogens (primary N) is 2. The Bertz CT molecular complexity index is 773. The molecule has 1 amide bonds. The third-order valence-corrected chi connectivity index (χ3v) is 4.40. The highest BCUT2D eigenvalue weighted by atomic mass is 16.1. The number of hydrogen-bond donors (Lipinski definition) is 3. The highest BCUT2D eigenvalue weighted by Crippen LogP contribution is 2.29. The molecule has 2 aromatic rings. The minimum absolute atomic E-state index is 0.0298. The van der Waals surface area contributed by atoms with Crippen LogP contribution in [0.2, 0.25) is 0 Å². The Hall–Kier alpha value is -2.85. The van der Waals surface area contributed by atoms with E-state index in [9.17, 15) is 4.79 Å². The number of nitrogens with one attached hydrogen (secondary N) is 1. The van der Waals surface area contributed by atoms with Gasteiger partial charge in [0.05, 0.1) is 17.7 Å². The maximum Gasteiger partial charge on any atom is 0.254 e. The number of primary amides is 1. The highest BCUT2D eigenvalue weighted by Gasteiger charge is 2.26. The highest BCUT2D eigenvalue weighted by molar-refractivity contribution is 5.98.